The lowest BCUT2D eigenvalue weighted by molar-refractivity contribution is -0.134. The second kappa shape index (κ2) is 7.84. The van der Waals surface area contributed by atoms with Gasteiger partial charge in [0.05, 0.1) is 5.75 Å². The van der Waals surface area contributed by atoms with Crippen LogP contribution >= 0.6 is 0 Å². The summed E-state index contributed by atoms with van der Waals surface area (Å²) >= 11 is 0. The number of carbonyl (C=O) groups is 1. The lowest BCUT2D eigenvalue weighted by atomic mass is 10.2. The highest BCUT2D eigenvalue weighted by molar-refractivity contribution is 7.71. The number of ether oxygens (including phenoxy) is 1. The fourth-order valence-corrected chi connectivity index (χ4v) is 1.88. The number of benzene rings is 1. The highest BCUT2D eigenvalue weighted by Crippen LogP contribution is 2.14. The lowest BCUT2D eigenvalue weighted by Crippen LogP contribution is -2.07. The number of carbonyl (C=O) groups excluding carboxylic acids is 1. The Kier molecular flexibility index (Phi) is 6.38. The molecule has 6 heteroatoms. The molecule has 0 aliphatic heterocycles. The van der Waals surface area contributed by atoms with E-state index in [2.05, 4.69) is 0 Å². The van der Waals surface area contributed by atoms with Gasteiger partial charge in [0.15, 0.2) is 0 Å². The van der Waals surface area contributed by atoms with Crippen molar-refractivity contribution in [2.45, 2.75) is 25.0 Å². The quantitative estimate of drug-likeness (QED) is 0.333. The Morgan fingerprint density at radius 1 is 1.17 bits per heavy atom. The standard InChI is InChI=1S/C12H16O5S/c13-8-2-1-3-12(14)17-11-6-4-10(5-7-11)9-18(15)16/h4-7,13,18H,1-3,8-9H2. The number of aliphatic hydroxyl groups is 1. The van der Waals surface area contributed by atoms with Crippen LogP contribution in [-0.2, 0) is 21.3 Å². The molecule has 0 aliphatic rings. The van der Waals surface area contributed by atoms with Crippen LogP contribution in [0.25, 0.3) is 0 Å². The molecule has 0 heterocycles. The molecule has 0 aliphatic carbocycles. The van der Waals surface area contributed by atoms with Crippen LogP contribution in [0.4, 0.5) is 0 Å². The maximum atomic E-state index is 11.3. The number of hydrogen-bond donors (Lipinski definition) is 2. The maximum absolute atomic E-state index is 11.3. The molecular weight excluding hydrogens is 256 g/mol. The van der Waals surface area contributed by atoms with Gasteiger partial charge in [0.2, 0.25) is 0 Å². The molecule has 0 bridgehead atoms. The van der Waals surface area contributed by atoms with Crippen molar-refractivity contribution >= 4 is 16.7 Å². The zero-order chi connectivity index (χ0) is 13.4. The number of unbranched alkanes of at least 4 members (excludes halogenated alkanes) is 1. The second-order valence-corrected chi connectivity index (χ2v) is 4.77. The molecule has 0 amide bonds. The minimum Gasteiger partial charge on any atom is -0.427 e. The molecule has 0 spiro atoms. The van der Waals surface area contributed by atoms with Crippen molar-refractivity contribution in [3.63, 3.8) is 0 Å². The van der Waals surface area contributed by atoms with Crippen LogP contribution in [0.1, 0.15) is 24.8 Å². The average molecular weight is 272 g/mol. The average Bonchev–Trinajstić information content (AvgIpc) is 2.31. The topological polar surface area (TPSA) is 80.7 Å². The Bertz CT molecular complexity index is 442. The molecule has 18 heavy (non-hydrogen) atoms. The van der Waals surface area contributed by atoms with Gasteiger partial charge in [0.1, 0.15) is 16.5 Å². The highest BCUT2D eigenvalue weighted by Gasteiger charge is 2.04. The van der Waals surface area contributed by atoms with Gasteiger partial charge in [-0.1, -0.05) is 12.1 Å². The Balaban J connectivity index is 2.45. The predicted molar refractivity (Wildman–Crippen MR) is 67.0 cm³/mol. The number of esters is 1. The summed E-state index contributed by atoms with van der Waals surface area (Å²) < 4.78 is 26.1. The first-order valence-corrected chi connectivity index (χ1v) is 7.00. The fraction of sp³-hybridized carbons (Fsp3) is 0.417. The summed E-state index contributed by atoms with van der Waals surface area (Å²) in [6.45, 7) is 0.0648. The molecule has 0 fully saturated rings. The van der Waals surface area contributed by atoms with E-state index < -0.39 is 10.7 Å². The third-order valence-corrected chi connectivity index (χ3v) is 2.88. The van der Waals surface area contributed by atoms with Gasteiger partial charge in [-0.15, -0.1) is 0 Å². The van der Waals surface area contributed by atoms with Gasteiger partial charge in [-0.2, -0.15) is 0 Å². The van der Waals surface area contributed by atoms with E-state index in [1.165, 1.54) is 0 Å². The zero-order valence-corrected chi connectivity index (χ0v) is 10.8. The van der Waals surface area contributed by atoms with E-state index in [1.807, 2.05) is 0 Å². The second-order valence-electron chi connectivity index (χ2n) is 3.79. The Morgan fingerprint density at radius 2 is 1.83 bits per heavy atom. The van der Waals surface area contributed by atoms with Crippen molar-refractivity contribution in [3.8, 4) is 5.75 Å². The van der Waals surface area contributed by atoms with Crippen molar-refractivity contribution in [1.29, 1.82) is 0 Å². The Labute approximate surface area is 107 Å². The summed E-state index contributed by atoms with van der Waals surface area (Å²) in [5.74, 6) is 0.0278. The van der Waals surface area contributed by atoms with Crippen molar-refractivity contribution in [3.05, 3.63) is 29.8 Å². The molecule has 1 N–H and O–H groups in total. The summed E-state index contributed by atoms with van der Waals surface area (Å²) in [4.78, 5) is 11.3. The van der Waals surface area contributed by atoms with Crippen molar-refractivity contribution in [2.75, 3.05) is 6.61 Å². The number of hydrogen-bond acceptors (Lipinski definition) is 5. The molecule has 1 rings (SSSR count). The maximum Gasteiger partial charge on any atom is 0.311 e. The predicted octanol–water partition coefficient (Wildman–Crippen LogP) is 0.866. The number of aliphatic hydroxyl groups excluding tert-OH is 1. The summed E-state index contributed by atoms with van der Waals surface area (Å²) in [6, 6.07) is 6.36. The molecule has 1 aromatic rings. The van der Waals surface area contributed by atoms with Crippen LogP contribution in [0.5, 0.6) is 5.75 Å². The van der Waals surface area contributed by atoms with E-state index in [0.717, 1.165) is 0 Å². The first-order valence-electron chi connectivity index (χ1n) is 5.64. The van der Waals surface area contributed by atoms with Gasteiger partial charge in [0.25, 0.3) is 0 Å². The smallest absolute Gasteiger partial charge is 0.311 e. The SMILES string of the molecule is O=C(CCCCO)Oc1ccc(C[SH](=O)=O)cc1. The fourth-order valence-electron chi connectivity index (χ4n) is 1.38. The summed E-state index contributed by atoms with van der Waals surface area (Å²) in [5, 5.41) is 8.57. The summed E-state index contributed by atoms with van der Waals surface area (Å²) in [6.07, 6.45) is 1.42. The van der Waals surface area contributed by atoms with Crippen LogP contribution < -0.4 is 4.74 Å². The van der Waals surface area contributed by atoms with Crippen LogP contribution in [0.3, 0.4) is 0 Å². The largest absolute Gasteiger partial charge is 0.427 e. The lowest BCUT2D eigenvalue weighted by Gasteiger charge is -2.04. The van der Waals surface area contributed by atoms with Gasteiger partial charge >= 0.3 is 5.97 Å². The molecule has 1 aromatic carbocycles. The first kappa shape index (κ1) is 14.7. The highest BCUT2D eigenvalue weighted by atomic mass is 32.2. The molecule has 5 nitrogen and oxygen atoms in total. The van der Waals surface area contributed by atoms with Crippen LogP contribution in [-0.4, -0.2) is 26.1 Å². The van der Waals surface area contributed by atoms with E-state index in [9.17, 15) is 13.2 Å². The summed E-state index contributed by atoms with van der Waals surface area (Å²) in [5.41, 5.74) is 0.659. The summed E-state index contributed by atoms with van der Waals surface area (Å²) in [7, 11) is -2.44. The molecule has 0 atom stereocenters. The van der Waals surface area contributed by atoms with E-state index >= 15 is 0 Å². The number of rotatable bonds is 7. The van der Waals surface area contributed by atoms with Crippen LogP contribution in [0.15, 0.2) is 24.3 Å². The van der Waals surface area contributed by atoms with Crippen molar-refractivity contribution in [1.82, 2.24) is 0 Å². The zero-order valence-electron chi connectivity index (χ0n) is 9.87. The van der Waals surface area contributed by atoms with E-state index in [1.54, 1.807) is 24.3 Å². The molecular formula is C12H16O5S. The molecule has 0 saturated carbocycles. The molecule has 100 valence electrons. The normalized spacial score (nSPS) is 10.6. The van der Waals surface area contributed by atoms with Gasteiger partial charge in [0, 0.05) is 13.0 Å². The minimum atomic E-state index is -2.44. The third kappa shape index (κ3) is 5.79. The molecule has 0 aromatic heterocycles. The van der Waals surface area contributed by atoms with Crippen LogP contribution in [0, 0.1) is 0 Å². The van der Waals surface area contributed by atoms with Crippen molar-refractivity contribution in [2.24, 2.45) is 0 Å². The van der Waals surface area contributed by atoms with Crippen molar-refractivity contribution < 1.29 is 23.1 Å². The molecule has 0 unspecified atom stereocenters. The van der Waals surface area contributed by atoms with Gasteiger partial charge in [-0.25, -0.2) is 8.42 Å². The van der Waals surface area contributed by atoms with Gasteiger partial charge in [-0.05, 0) is 30.5 Å². The van der Waals surface area contributed by atoms with E-state index in [-0.39, 0.29) is 24.7 Å². The number of thiol groups is 1. The first-order chi connectivity index (χ1) is 8.61. The van der Waals surface area contributed by atoms with E-state index in [4.69, 9.17) is 9.84 Å². The van der Waals surface area contributed by atoms with Crippen LogP contribution in [0.2, 0.25) is 0 Å². The molecule has 0 radical (unpaired) electrons. The Morgan fingerprint density at radius 3 is 2.39 bits per heavy atom. The van der Waals surface area contributed by atoms with Gasteiger partial charge < -0.3 is 9.84 Å². The Hall–Kier alpha value is -1.40. The monoisotopic (exact) mass is 272 g/mol. The van der Waals surface area contributed by atoms with Gasteiger partial charge in [-0.3, -0.25) is 4.79 Å². The minimum absolute atomic E-state index is 0.0138. The third-order valence-electron chi connectivity index (χ3n) is 2.26. The molecule has 0 saturated heterocycles. The van der Waals surface area contributed by atoms with E-state index in [0.29, 0.717) is 24.2 Å².